The summed E-state index contributed by atoms with van der Waals surface area (Å²) < 4.78 is 1.98. The minimum atomic E-state index is 0.795. The van der Waals surface area contributed by atoms with Crippen molar-refractivity contribution in [3.8, 4) is 0 Å². The molecule has 0 spiro atoms. The second-order valence-electron chi connectivity index (χ2n) is 2.47. The fourth-order valence-corrected chi connectivity index (χ4v) is 0.983. The number of hydrogen-bond acceptors (Lipinski definition) is 1. The van der Waals surface area contributed by atoms with E-state index in [4.69, 9.17) is 5.73 Å². The molecule has 3 N–H and O–H groups in total. The fraction of sp³-hybridized carbons (Fsp3) is 0.571. The Bertz CT molecular complexity index is 215. The number of aromatic amines is 1. The van der Waals surface area contributed by atoms with Gasteiger partial charge < -0.3 is 5.73 Å². The van der Waals surface area contributed by atoms with Gasteiger partial charge in [0.2, 0.25) is 5.82 Å². The van der Waals surface area contributed by atoms with Gasteiger partial charge in [0.25, 0.3) is 5.82 Å². The molecule has 1 rings (SSSR count). The van der Waals surface area contributed by atoms with Crippen molar-refractivity contribution in [3.05, 3.63) is 12.0 Å². The van der Waals surface area contributed by atoms with Crippen LogP contribution < -0.4 is 10.3 Å². The first-order valence-electron chi connectivity index (χ1n) is 3.57. The van der Waals surface area contributed by atoms with E-state index in [0.29, 0.717) is 0 Å². The lowest BCUT2D eigenvalue weighted by molar-refractivity contribution is -0.663. The number of nitrogens with one attached hydrogen (secondary N) is 1. The maximum absolute atomic E-state index is 5.60. The predicted octanol–water partition coefficient (Wildman–Crippen LogP) is 0.374. The first-order valence-corrected chi connectivity index (χ1v) is 3.57. The van der Waals surface area contributed by atoms with Crippen molar-refractivity contribution in [2.24, 2.45) is 7.05 Å². The number of H-pyrrole nitrogens is 1. The van der Waals surface area contributed by atoms with Crippen LogP contribution in [0.4, 0.5) is 5.82 Å². The minimum Gasteiger partial charge on any atom is -0.316 e. The number of aryl methyl sites for hydroxylation is 1. The fourth-order valence-electron chi connectivity index (χ4n) is 0.983. The van der Waals surface area contributed by atoms with Crippen molar-refractivity contribution >= 4 is 5.82 Å². The van der Waals surface area contributed by atoms with Gasteiger partial charge in [0.1, 0.15) is 6.20 Å². The Morgan fingerprint density at radius 1 is 1.70 bits per heavy atom. The second kappa shape index (κ2) is 2.73. The van der Waals surface area contributed by atoms with E-state index in [1.54, 1.807) is 0 Å². The molecule has 0 atom stereocenters. The Kier molecular flexibility index (Phi) is 1.94. The summed E-state index contributed by atoms with van der Waals surface area (Å²) in [6.07, 6.45) is 4.03. The normalized spacial score (nSPS) is 10.2. The smallest absolute Gasteiger partial charge is 0.250 e. The molecule has 3 heteroatoms. The summed E-state index contributed by atoms with van der Waals surface area (Å²) in [7, 11) is 1.97. The number of rotatable bonds is 2. The number of nitrogens with two attached hydrogens (primary N) is 1. The van der Waals surface area contributed by atoms with Gasteiger partial charge in [-0.2, -0.15) is 0 Å². The standard InChI is InChI=1S/C7H13N3/c1-3-4-7-9-5-6(8)10(7)2/h5H,3-4,8H2,1-2H3/p+1. The average Bonchev–Trinajstić information content (AvgIpc) is 2.20. The number of aromatic nitrogens is 2. The molecular weight excluding hydrogens is 126 g/mol. The number of nitrogen functional groups attached to an aromatic ring is 1. The molecule has 0 aliphatic carbocycles. The van der Waals surface area contributed by atoms with Gasteiger partial charge in [-0.1, -0.05) is 6.92 Å². The first kappa shape index (κ1) is 7.12. The Balaban J connectivity index is 2.83. The van der Waals surface area contributed by atoms with Crippen LogP contribution >= 0.6 is 0 Å². The van der Waals surface area contributed by atoms with Gasteiger partial charge >= 0.3 is 0 Å². The highest BCUT2D eigenvalue weighted by Gasteiger charge is 2.06. The van der Waals surface area contributed by atoms with E-state index < -0.39 is 0 Å². The van der Waals surface area contributed by atoms with Crippen LogP contribution in [-0.4, -0.2) is 4.98 Å². The van der Waals surface area contributed by atoms with Crippen molar-refractivity contribution in [1.82, 2.24) is 4.98 Å². The molecule has 3 nitrogen and oxygen atoms in total. The van der Waals surface area contributed by atoms with Crippen LogP contribution in [0.5, 0.6) is 0 Å². The van der Waals surface area contributed by atoms with Crippen LogP contribution in [0, 0.1) is 0 Å². The molecule has 1 aromatic rings. The summed E-state index contributed by atoms with van der Waals surface area (Å²) >= 11 is 0. The van der Waals surface area contributed by atoms with Gasteiger partial charge in [-0.05, 0) is 6.42 Å². The topological polar surface area (TPSA) is 45.7 Å². The average molecular weight is 140 g/mol. The maximum Gasteiger partial charge on any atom is 0.250 e. The number of nitrogens with zero attached hydrogens (tertiary/aromatic N) is 1. The first-order chi connectivity index (χ1) is 4.75. The minimum absolute atomic E-state index is 0.795. The molecular formula is C7H14N3+. The van der Waals surface area contributed by atoms with Crippen LogP contribution in [0.25, 0.3) is 0 Å². The van der Waals surface area contributed by atoms with E-state index in [2.05, 4.69) is 11.9 Å². The summed E-state index contributed by atoms with van der Waals surface area (Å²) in [4.78, 5) is 3.11. The number of anilines is 1. The molecule has 56 valence electrons. The summed E-state index contributed by atoms with van der Waals surface area (Å²) in [5.74, 6) is 1.99. The maximum atomic E-state index is 5.60. The summed E-state index contributed by atoms with van der Waals surface area (Å²) in [5, 5.41) is 0. The van der Waals surface area contributed by atoms with Crippen molar-refractivity contribution < 1.29 is 4.57 Å². The van der Waals surface area contributed by atoms with Gasteiger partial charge in [0.15, 0.2) is 0 Å². The van der Waals surface area contributed by atoms with Crippen molar-refractivity contribution in [2.75, 3.05) is 5.73 Å². The molecule has 0 unspecified atom stereocenters. The molecule has 1 aromatic heterocycles. The lowest BCUT2D eigenvalue weighted by atomic mass is 10.3. The largest absolute Gasteiger partial charge is 0.316 e. The van der Waals surface area contributed by atoms with Gasteiger partial charge in [0.05, 0.1) is 7.05 Å². The van der Waals surface area contributed by atoms with Crippen molar-refractivity contribution in [3.63, 3.8) is 0 Å². The highest BCUT2D eigenvalue weighted by molar-refractivity contribution is 5.15. The van der Waals surface area contributed by atoms with Crippen LogP contribution in [-0.2, 0) is 13.5 Å². The zero-order chi connectivity index (χ0) is 7.56. The zero-order valence-electron chi connectivity index (χ0n) is 6.52. The van der Waals surface area contributed by atoms with Crippen molar-refractivity contribution in [2.45, 2.75) is 19.8 Å². The quantitative estimate of drug-likeness (QED) is 0.573. The molecule has 1 heterocycles. The van der Waals surface area contributed by atoms with E-state index in [9.17, 15) is 0 Å². The second-order valence-corrected chi connectivity index (χ2v) is 2.47. The molecule has 10 heavy (non-hydrogen) atoms. The third-order valence-electron chi connectivity index (χ3n) is 1.67. The third kappa shape index (κ3) is 1.12. The molecule has 0 saturated carbocycles. The summed E-state index contributed by atoms with van der Waals surface area (Å²) in [6.45, 7) is 2.15. The lowest BCUT2D eigenvalue weighted by Crippen LogP contribution is -2.34. The van der Waals surface area contributed by atoms with Gasteiger partial charge in [-0.25, -0.2) is 4.57 Å². The van der Waals surface area contributed by atoms with Gasteiger partial charge in [0, 0.05) is 6.42 Å². The van der Waals surface area contributed by atoms with E-state index in [0.717, 1.165) is 18.7 Å². The summed E-state index contributed by atoms with van der Waals surface area (Å²) in [6, 6.07) is 0. The monoisotopic (exact) mass is 140 g/mol. The predicted molar refractivity (Wildman–Crippen MR) is 40.4 cm³/mol. The van der Waals surface area contributed by atoms with Gasteiger partial charge in [-0.15, -0.1) is 0 Å². The molecule has 0 amide bonds. The molecule has 0 radical (unpaired) electrons. The molecule has 0 aromatic carbocycles. The SMILES string of the molecule is CCCc1[nH]cc(N)[n+]1C. The van der Waals surface area contributed by atoms with E-state index in [-0.39, 0.29) is 0 Å². The van der Waals surface area contributed by atoms with Crippen LogP contribution in [0.1, 0.15) is 19.2 Å². The number of imidazole rings is 1. The van der Waals surface area contributed by atoms with E-state index >= 15 is 0 Å². The van der Waals surface area contributed by atoms with E-state index in [1.165, 1.54) is 5.82 Å². The van der Waals surface area contributed by atoms with Crippen LogP contribution in [0.2, 0.25) is 0 Å². The Morgan fingerprint density at radius 2 is 2.40 bits per heavy atom. The van der Waals surface area contributed by atoms with Crippen molar-refractivity contribution in [1.29, 1.82) is 0 Å². The van der Waals surface area contributed by atoms with Gasteiger partial charge in [-0.3, -0.25) is 4.98 Å². The van der Waals surface area contributed by atoms with Crippen LogP contribution in [0.3, 0.4) is 0 Å². The highest BCUT2D eigenvalue weighted by Crippen LogP contribution is 1.96. The molecule has 0 fully saturated rings. The molecule has 0 bridgehead atoms. The lowest BCUT2D eigenvalue weighted by Gasteiger charge is -1.92. The Hall–Kier alpha value is -0.990. The third-order valence-corrected chi connectivity index (χ3v) is 1.67. The number of hydrogen-bond donors (Lipinski definition) is 2. The Labute approximate surface area is 60.9 Å². The molecule has 0 saturated heterocycles. The zero-order valence-corrected chi connectivity index (χ0v) is 6.52. The van der Waals surface area contributed by atoms with Crippen LogP contribution in [0.15, 0.2) is 6.20 Å². The molecule has 0 aliphatic rings. The van der Waals surface area contributed by atoms with E-state index in [1.807, 2.05) is 17.8 Å². The summed E-state index contributed by atoms with van der Waals surface area (Å²) in [5.41, 5.74) is 5.60. The Morgan fingerprint density at radius 3 is 2.80 bits per heavy atom. The molecule has 0 aliphatic heterocycles. The highest BCUT2D eigenvalue weighted by atomic mass is 15.1.